The van der Waals surface area contributed by atoms with E-state index in [0.717, 1.165) is 21.5 Å². The number of primary amides is 1. The molecule has 6 nitrogen and oxygen atoms in total. The summed E-state index contributed by atoms with van der Waals surface area (Å²) in [7, 11) is 0. The molecule has 2 amide bonds. The summed E-state index contributed by atoms with van der Waals surface area (Å²) in [4.78, 5) is 30.8. The lowest BCUT2D eigenvalue weighted by molar-refractivity contribution is 0.100. The number of nitrogens with one attached hydrogen (secondary N) is 1. The molecule has 0 spiro atoms. The third-order valence-corrected chi connectivity index (χ3v) is 6.77. The zero-order valence-electron chi connectivity index (χ0n) is 16.4. The number of carbonyl (C=O) groups is 2. The second kappa shape index (κ2) is 7.89. The molecule has 30 heavy (non-hydrogen) atoms. The number of aromatic nitrogens is 1. The van der Waals surface area contributed by atoms with E-state index in [-0.39, 0.29) is 11.8 Å². The Hall–Kier alpha value is -3.23. The first-order valence-corrected chi connectivity index (χ1v) is 11.0. The maximum absolute atomic E-state index is 13.0. The molecule has 0 aliphatic rings. The lowest BCUT2D eigenvalue weighted by Gasteiger charge is -2.06. The van der Waals surface area contributed by atoms with Gasteiger partial charge in [-0.2, -0.15) is 0 Å². The van der Waals surface area contributed by atoms with Crippen molar-refractivity contribution in [1.29, 1.82) is 0 Å². The molecule has 0 saturated heterocycles. The molecule has 0 saturated carbocycles. The van der Waals surface area contributed by atoms with Crippen LogP contribution in [0.3, 0.4) is 0 Å². The van der Waals surface area contributed by atoms with Crippen LogP contribution in [0.15, 0.2) is 47.8 Å². The van der Waals surface area contributed by atoms with E-state index in [0.29, 0.717) is 26.7 Å². The zero-order valence-corrected chi connectivity index (χ0v) is 18.1. The minimum Gasteiger partial charge on any atom is -0.397 e. The number of fused-ring (bicyclic) bond motifs is 1. The van der Waals surface area contributed by atoms with Crippen molar-refractivity contribution in [3.63, 3.8) is 0 Å². The second-order valence-electron chi connectivity index (χ2n) is 7.13. The van der Waals surface area contributed by atoms with E-state index in [1.54, 1.807) is 0 Å². The highest BCUT2D eigenvalue weighted by Gasteiger charge is 2.23. The van der Waals surface area contributed by atoms with Crippen LogP contribution in [0.25, 0.3) is 21.3 Å². The number of hydrogen-bond acceptors (Lipinski definition) is 6. The van der Waals surface area contributed by atoms with E-state index in [1.807, 2.05) is 47.8 Å². The van der Waals surface area contributed by atoms with E-state index in [9.17, 15) is 9.59 Å². The number of thiophene rings is 2. The molecule has 0 fully saturated rings. The number of pyridine rings is 1. The van der Waals surface area contributed by atoms with E-state index in [2.05, 4.69) is 24.1 Å². The average molecular weight is 437 g/mol. The summed E-state index contributed by atoms with van der Waals surface area (Å²) in [6.45, 7) is 4.12. The molecule has 4 aromatic rings. The molecular formula is C22H20N4O2S2. The van der Waals surface area contributed by atoms with Crippen LogP contribution in [0.5, 0.6) is 0 Å². The molecule has 0 aliphatic carbocycles. The third-order valence-electron chi connectivity index (χ3n) is 4.76. The van der Waals surface area contributed by atoms with E-state index in [1.165, 1.54) is 22.7 Å². The lowest BCUT2D eigenvalue weighted by atomic mass is 10.0. The maximum atomic E-state index is 13.0. The van der Waals surface area contributed by atoms with Crippen molar-refractivity contribution in [2.45, 2.75) is 19.8 Å². The quantitative estimate of drug-likeness (QED) is 0.405. The van der Waals surface area contributed by atoms with Gasteiger partial charge < -0.3 is 16.8 Å². The van der Waals surface area contributed by atoms with Crippen LogP contribution in [0.2, 0.25) is 0 Å². The molecule has 0 unspecified atom stereocenters. The van der Waals surface area contributed by atoms with Gasteiger partial charge in [0.05, 0.1) is 11.3 Å². The number of carbonyl (C=O) groups excluding carboxylic acids is 2. The monoisotopic (exact) mass is 436 g/mol. The lowest BCUT2D eigenvalue weighted by Crippen LogP contribution is -2.17. The highest BCUT2D eigenvalue weighted by Crippen LogP contribution is 2.38. The number of rotatable bonds is 5. The number of anilines is 2. The number of hydrogen-bond donors (Lipinski definition) is 3. The molecule has 0 aliphatic heterocycles. The summed E-state index contributed by atoms with van der Waals surface area (Å²) >= 11 is 2.50. The van der Waals surface area contributed by atoms with Crippen LogP contribution < -0.4 is 16.8 Å². The maximum Gasteiger partial charge on any atom is 0.268 e. The van der Waals surface area contributed by atoms with Crippen molar-refractivity contribution >= 4 is 55.4 Å². The molecule has 1 aromatic carbocycles. The Kier molecular flexibility index (Phi) is 5.27. The number of nitrogen functional groups attached to an aromatic ring is 1. The van der Waals surface area contributed by atoms with Gasteiger partial charge in [0.25, 0.3) is 11.8 Å². The molecule has 0 radical (unpaired) electrons. The largest absolute Gasteiger partial charge is 0.397 e. The van der Waals surface area contributed by atoms with Crippen molar-refractivity contribution in [2.24, 2.45) is 5.73 Å². The number of benzene rings is 1. The molecule has 152 valence electrons. The number of nitrogens with zero attached hydrogens (tertiary/aromatic N) is 1. The molecule has 3 heterocycles. The SMILES string of the molecule is CC(C)c1ccc2c(N)c(C(=O)Nc3scc(-c4ccccc4)c3C(N)=O)sc2n1. The van der Waals surface area contributed by atoms with Crippen LogP contribution in [-0.4, -0.2) is 16.8 Å². The minimum atomic E-state index is -0.599. The number of nitrogens with two attached hydrogens (primary N) is 2. The topological polar surface area (TPSA) is 111 Å². The molecule has 0 atom stereocenters. The standard InChI is InChI=1S/C22H20N4O2S2/c1-11(2)15-9-8-13-17(23)18(30-21(13)25-15)20(28)26-22-16(19(24)27)14(10-29-22)12-6-4-3-5-7-12/h3-11H,23H2,1-2H3,(H2,24,27)(H,26,28). The second-order valence-corrected chi connectivity index (χ2v) is 9.01. The van der Waals surface area contributed by atoms with Crippen LogP contribution in [0, 0.1) is 0 Å². The van der Waals surface area contributed by atoms with Gasteiger partial charge >= 0.3 is 0 Å². The van der Waals surface area contributed by atoms with E-state index >= 15 is 0 Å². The van der Waals surface area contributed by atoms with Crippen molar-refractivity contribution in [2.75, 3.05) is 11.1 Å². The fourth-order valence-electron chi connectivity index (χ4n) is 3.19. The highest BCUT2D eigenvalue weighted by molar-refractivity contribution is 7.21. The van der Waals surface area contributed by atoms with Gasteiger partial charge in [-0.15, -0.1) is 22.7 Å². The van der Waals surface area contributed by atoms with Gasteiger partial charge in [0.15, 0.2) is 0 Å². The number of amides is 2. The van der Waals surface area contributed by atoms with Gasteiger partial charge in [0.1, 0.15) is 14.7 Å². The summed E-state index contributed by atoms with van der Waals surface area (Å²) in [6, 6.07) is 13.3. The average Bonchev–Trinajstić information content (AvgIpc) is 3.29. The molecule has 5 N–H and O–H groups in total. The van der Waals surface area contributed by atoms with Crippen LogP contribution >= 0.6 is 22.7 Å². The van der Waals surface area contributed by atoms with Crippen LogP contribution in [0.1, 0.15) is 45.5 Å². The van der Waals surface area contributed by atoms with Gasteiger partial charge in [-0.25, -0.2) is 4.98 Å². The normalized spacial score (nSPS) is 11.2. The highest BCUT2D eigenvalue weighted by atomic mass is 32.1. The van der Waals surface area contributed by atoms with Crippen molar-refractivity contribution in [3.8, 4) is 11.1 Å². The van der Waals surface area contributed by atoms with Crippen molar-refractivity contribution < 1.29 is 9.59 Å². The van der Waals surface area contributed by atoms with Gasteiger partial charge in [0, 0.05) is 22.0 Å². The Balaban J connectivity index is 1.70. The Bertz CT molecular complexity index is 1260. The summed E-state index contributed by atoms with van der Waals surface area (Å²) in [5.74, 6) is -0.709. The summed E-state index contributed by atoms with van der Waals surface area (Å²) in [6.07, 6.45) is 0. The summed E-state index contributed by atoms with van der Waals surface area (Å²) < 4.78 is 0. The smallest absolute Gasteiger partial charge is 0.268 e. The Morgan fingerprint density at radius 1 is 1.10 bits per heavy atom. The van der Waals surface area contributed by atoms with Gasteiger partial charge in [-0.1, -0.05) is 44.2 Å². The zero-order chi connectivity index (χ0) is 21.4. The first-order chi connectivity index (χ1) is 14.4. The predicted molar refractivity (Wildman–Crippen MR) is 124 cm³/mol. The fraction of sp³-hybridized carbons (Fsp3) is 0.136. The van der Waals surface area contributed by atoms with E-state index in [4.69, 9.17) is 11.5 Å². The Morgan fingerprint density at radius 3 is 2.50 bits per heavy atom. The van der Waals surface area contributed by atoms with Crippen LogP contribution in [-0.2, 0) is 0 Å². The van der Waals surface area contributed by atoms with E-state index < -0.39 is 5.91 Å². The predicted octanol–water partition coefficient (Wildman–Crippen LogP) is 5.08. The van der Waals surface area contributed by atoms with Crippen molar-refractivity contribution in [1.82, 2.24) is 4.98 Å². The first-order valence-electron chi connectivity index (χ1n) is 9.33. The fourth-order valence-corrected chi connectivity index (χ4v) is 5.15. The summed E-state index contributed by atoms with van der Waals surface area (Å²) in [5, 5.41) is 5.79. The minimum absolute atomic E-state index is 0.274. The van der Waals surface area contributed by atoms with Crippen LogP contribution in [0.4, 0.5) is 10.7 Å². The molecular weight excluding hydrogens is 416 g/mol. The van der Waals surface area contributed by atoms with Gasteiger partial charge in [-0.3, -0.25) is 9.59 Å². The van der Waals surface area contributed by atoms with Gasteiger partial charge in [-0.05, 0) is 23.6 Å². The van der Waals surface area contributed by atoms with Crippen molar-refractivity contribution in [3.05, 3.63) is 64.0 Å². The molecule has 8 heteroatoms. The molecule has 4 rings (SSSR count). The molecule has 0 bridgehead atoms. The third kappa shape index (κ3) is 3.55. The Labute approximate surface area is 181 Å². The summed E-state index contributed by atoms with van der Waals surface area (Å²) in [5.41, 5.74) is 15.0. The first kappa shape index (κ1) is 20.1. The molecule has 3 aromatic heterocycles. The Morgan fingerprint density at radius 2 is 1.83 bits per heavy atom. The van der Waals surface area contributed by atoms with Gasteiger partial charge in [0.2, 0.25) is 0 Å².